The van der Waals surface area contributed by atoms with Crippen LogP contribution in [-0.4, -0.2) is 40.2 Å². The molecular formula is C13H21ClN4O2. The zero-order valence-corrected chi connectivity index (χ0v) is 13.1. The zero-order chi connectivity index (χ0) is 15.3. The Bertz CT molecular complexity index is 530. The lowest BCUT2D eigenvalue weighted by molar-refractivity contribution is -0.130. The number of hydrogen-bond donors (Lipinski definition) is 1. The highest BCUT2D eigenvalue weighted by Gasteiger charge is 2.18. The molecule has 0 spiro atoms. The minimum absolute atomic E-state index is 0.0623. The van der Waals surface area contributed by atoms with Crippen LogP contribution in [0.4, 0.5) is 5.69 Å². The quantitative estimate of drug-likeness (QED) is 0.866. The smallest absolute Gasteiger partial charge is 0.287 e. The van der Waals surface area contributed by atoms with Gasteiger partial charge in [0.25, 0.3) is 5.56 Å². The summed E-state index contributed by atoms with van der Waals surface area (Å²) in [6.07, 6.45) is 2.28. The van der Waals surface area contributed by atoms with Crippen LogP contribution in [0.1, 0.15) is 27.2 Å². The summed E-state index contributed by atoms with van der Waals surface area (Å²) in [6.45, 7) is 6.71. The van der Waals surface area contributed by atoms with Crippen molar-refractivity contribution in [3.8, 4) is 0 Å². The molecule has 1 rings (SSSR count). The lowest BCUT2D eigenvalue weighted by Gasteiger charge is -2.21. The zero-order valence-electron chi connectivity index (χ0n) is 12.3. The summed E-state index contributed by atoms with van der Waals surface area (Å²) in [4.78, 5) is 25.5. The Balaban J connectivity index is 2.91. The standard InChI is InChI=1S/C13H21ClN4O2/c1-5-7-18-13(20)11(14)10(8-15-18)16-9(3)12(19)17(4)6-2/h8-9,16H,5-7H2,1-4H3. The summed E-state index contributed by atoms with van der Waals surface area (Å²) in [5.41, 5.74) is 0.0383. The fraction of sp³-hybridized carbons (Fsp3) is 0.615. The Hall–Kier alpha value is -1.56. The third-order valence-electron chi connectivity index (χ3n) is 3.01. The van der Waals surface area contributed by atoms with Gasteiger partial charge >= 0.3 is 0 Å². The molecule has 1 aromatic heterocycles. The van der Waals surface area contributed by atoms with Gasteiger partial charge in [-0.15, -0.1) is 0 Å². The molecule has 0 radical (unpaired) electrons. The first-order valence-corrected chi connectivity index (χ1v) is 7.07. The van der Waals surface area contributed by atoms with E-state index >= 15 is 0 Å². The van der Waals surface area contributed by atoms with Crippen molar-refractivity contribution in [1.82, 2.24) is 14.7 Å². The second-order valence-electron chi connectivity index (χ2n) is 4.62. The van der Waals surface area contributed by atoms with E-state index in [0.29, 0.717) is 18.8 Å². The fourth-order valence-corrected chi connectivity index (χ4v) is 1.92. The minimum Gasteiger partial charge on any atom is -0.371 e. The van der Waals surface area contributed by atoms with E-state index in [0.717, 1.165) is 6.42 Å². The van der Waals surface area contributed by atoms with Crippen molar-refractivity contribution >= 4 is 23.2 Å². The van der Waals surface area contributed by atoms with Gasteiger partial charge in [0.2, 0.25) is 5.91 Å². The average Bonchev–Trinajstić information content (AvgIpc) is 2.45. The van der Waals surface area contributed by atoms with Gasteiger partial charge < -0.3 is 10.2 Å². The van der Waals surface area contributed by atoms with E-state index in [4.69, 9.17) is 11.6 Å². The minimum atomic E-state index is -0.472. The van der Waals surface area contributed by atoms with E-state index in [2.05, 4.69) is 10.4 Å². The summed E-state index contributed by atoms with van der Waals surface area (Å²) in [5.74, 6) is -0.0682. The molecule has 112 valence electrons. The van der Waals surface area contributed by atoms with Crippen molar-refractivity contribution in [3.05, 3.63) is 21.6 Å². The van der Waals surface area contributed by atoms with Crippen molar-refractivity contribution in [2.75, 3.05) is 18.9 Å². The number of aryl methyl sites for hydroxylation is 1. The van der Waals surface area contributed by atoms with Crippen LogP contribution in [0.5, 0.6) is 0 Å². The summed E-state index contributed by atoms with van der Waals surface area (Å²) < 4.78 is 1.32. The average molecular weight is 301 g/mol. The highest BCUT2D eigenvalue weighted by Crippen LogP contribution is 2.16. The number of nitrogens with zero attached hydrogens (tertiary/aromatic N) is 3. The maximum absolute atomic E-state index is 12.0. The number of aromatic nitrogens is 2. The SMILES string of the molecule is CCCn1ncc(NC(C)C(=O)N(C)CC)c(Cl)c1=O. The van der Waals surface area contributed by atoms with E-state index in [1.54, 1.807) is 18.9 Å². The molecule has 0 fully saturated rings. The van der Waals surface area contributed by atoms with Crippen LogP contribution in [0.3, 0.4) is 0 Å². The molecule has 1 unspecified atom stereocenters. The van der Waals surface area contributed by atoms with Gasteiger partial charge in [0.15, 0.2) is 0 Å². The second-order valence-corrected chi connectivity index (χ2v) is 5.00. The maximum atomic E-state index is 12.0. The molecule has 1 heterocycles. The number of rotatable bonds is 6. The predicted molar refractivity (Wildman–Crippen MR) is 80.2 cm³/mol. The first kappa shape index (κ1) is 16.5. The van der Waals surface area contributed by atoms with Crippen LogP contribution >= 0.6 is 11.6 Å². The second kappa shape index (κ2) is 7.28. The third kappa shape index (κ3) is 3.72. The van der Waals surface area contributed by atoms with Gasteiger partial charge in [-0.2, -0.15) is 5.10 Å². The van der Waals surface area contributed by atoms with Crippen molar-refractivity contribution in [2.45, 2.75) is 39.8 Å². The number of carbonyl (C=O) groups excluding carboxylic acids is 1. The number of likely N-dealkylation sites (N-methyl/N-ethyl adjacent to an activating group) is 1. The van der Waals surface area contributed by atoms with Crippen molar-refractivity contribution in [1.29, 1.82) is 0 Å². The highest BCUT2D eigenvalue weighted by atomic mass is 35.5. The predicted octanol–water partition coefficient (Wildman–Crippen LogP) is 1.59. The van der Waals surface area contributed by atoms with Crippen LogP contribution in [0.2, 0.25) is 5.02 Å². The Morgan fingerprint density at radius 1 is 1.55 bits per heavy atom. The van der Waals surface area contributed by atoms with E-state index in [9.17, 15) is 9.59 Å². The van der Waals surface area contributed by atoms with Crippen molar-refractivity contribution in [3.63, 3.8) is 0 Å². The Morgan fingerprint density at radius 2 is 2.20 bits per heavy atom. The number of anilines is 1. The van der Waals surface area contributed by atoms with Crippen LogP contribution in [0.15, 0.2) is 11.0 Å². The molecular weight excluding hydrogens is 280 g/mol. The van der Waals surface area contributed by atoms with Gasteiger partial charge in [0, 0.05) is 20.1 Å². The summed E-state index contributed by atoms with van der Waals surface area (Å²) in [5, 5.41) is 7.04. The molecule has 0 aliphatic heterocycles. The topological polar surface area (TPSA) is 67.2 Å². The van der Waals surface area contributed by atoms with E-state index in [1.165, 1.54) is 10.9 Å². The fourth-order valence-electron chi connectivity index (χ4n) is 1.72. The number of amides is 1. The van der Waals surface area contributed by atoms with Gasteiger partial charge in [0.1, 0.15) is 11.1 Å². The Kier molecular flexibility index (Phi) is 6.01. The van der Waals surface area contributed by atoms with Gasteiger partial charge in [-0.3, -0.25) is 9.59 Å². The molecule has 20 heavy (non-hydrogen) atoms. The molecule has 1 aromatic rings. The monoisotopic (exact) mass is 300 g/mol. The molecule has 0 aliphatic rings. The maximum Gasteiger partial charge on any atom is 0.287 e. The van der Waals surface area contributed by atoms with E-state index in [1.807, 2.05) is 13.8 Å². The molecule has 1 N–H and O–H groups in total. The normalized spacial score (nSPS) is 12.1. The molecule has 1 atom stereocenters. The van der Waals surface area contributed by atoms with Gasteiger partial charge in [-0.05, 0) is 20.3 Å². The third-order valence-corrected chi connectivity index (χ3v) is 3.38. The van der Waals surface area contributed by atoms with Crippen molar-refractivity contribution < 1.29 is 4.79 Å². The van der Waals surface area contributed by atoms with E-state index < -0.39 is 6.04 Å². The lowest BCUT2D eigenvalue weighted by atomic mass is 10.2. The van der Waals surface area contributed by atoms with Gasteiger partial charge in [-0.25, -0.2) is 4.68 Å². The number of nitrogens with one attached hydrogen (secondary N) is 1. The molecule has 0 aliphatic carbocycles. The summed E-state index contributed by atoms with van der Waals surface area (Å²) in [6, 6.07) is -0.472. The largest absolute Gasteiger partial charge is 0.371 e. The first-order chi connectivity index (χ1) is 9.42. The van der Waals surface area contributed by atoms with Crippen LogP contribution in [0, 0.1) is 0 Å². The molecule has 0 saturated carbocycles. The molecule has 0 saturated heterocycles. The molecule has 7 heteroatoms. The van der Waals surface area contributed by atoms with Gasteiger partial charge in [0.05, 0.1) is 11.9 Å². The first-order valence-electron chi connectivity index (χ1n) is 6.69. The lowest BCUT2D eigenvalue weighted by Crippen LogP contribution is -2.39. The van der Waals surface area contributed by atoms with Crippen LogP contribution in [0.25, 0.3) is 0 Å². The molecule has 0 bridgehead atoms. The van der Waals surface area contributed by atoms with Crippen molar-refractivity contribution in [2.24, 2.45) is 0 Å². The molecule has 0 aromatic carbocycles. The van der Waals surface area contributed by atoms with Gasteiger partial charge in [-0.1, -0.05) is 18.5 Å². The number of carbonyl (C=O) groups is 1. The van der Waals surface area contributed by atoms with E-state index in [-0.39, 0.29) is 16.5 Å². The molecule has 6 nitrogen and oxygen atoms in total. The van der Waals surface area contributed by atoms with Crippen LogP contribution < -0.4 is 10.9 Å². The summed E-state index contributed by atoms with van der Waals surface area (Å²) in [7, 11) is 1.72. The highest BCUT2D eigenvalue weighted by molar-refractivity contribution is 6.33. The Morgan fingerprint density at radius 3 is 2.75 bits per heavy atom. The van der Waals surface area contributed by atoms with Crippen LogP contribution in [-0.2, 0) is 11.3 Å². The Labute approximate surface area is 123 Å². The number of hydrogen-bond acceptors (Lipinski definition) is 4. The summed E-state index contributed by atoms with van der Waals surface area (Å²) >= 11 is 6.04. The number of halogens is 1. The molecule has 1 amide bonds.